The van der Waals surface area contributed by atoms with Gasteiger partial charge in [0.15, 0.2) is 0 Å². The van der Waals surface area contributed by atoms with Crippen molar-refractivity contribution in [2.24, 2.45) is 0 Å². The third kappa shape index (κ3) is 2.73. The van der Waals surface area contributed by atoms with Crippen LogP contribution in [0.5, 0.6) is 5.75 Å². The number of hydrogen-bond acceptors (Lipinski definition) is 3. The zero-order valence-corrected chi connectivity index (χ0v) is 9.02. The number of carboxylic acids is 1. The molecule has 16 heavy (non-hydrogen) atoms. The number of hydrogen-bond donors (Lipinski definition) is 3. The Kier molecular flexibility index (Phi) is 3.50. The van der Waals surface area contributed by atoms with Crippen LogP contribution >= 0.6 is 0 Å². The van der Waals surface area contributed by atoms with Gasteiger partial charge in [-0.1, -0.05) is 0 Å². The van der Waals surface area contributed by atoms with E-state index in [1.165, 1.54) is 25.1 Å². The number of aryl methyl sites for hydroxylation is 1. The Labute approximate surface area is 92.7 Å². The molecule has 0 aliphatic rings. The summed E-state index contributed by atoms with van der Waals surface area (Å²) in [5.74, 6) is -1.47. The summed E-state index contributed by atoms with van der Waals surface area (Å²) in [5.41, 5.74) is 0.888. The molecule has 0 aliphatic heterocycles. The predicted octanol–water partition coefficient (Wildman–Crippen LogP) is 0.904. The molecule has 0 bridgehead atoms. The number of carbonyl (C=O) groups excluding carboxylic acids is 1. The second-order valence-electron chi connectivity index (χ2n) is 3.53. The van der Waals surface area contributed by atoms with Crippen molar-refractivity contribution in [2.75, 3.05) is 0 Å². The van der Waals surface area contributed by atoms with Gasteiger partial charge in [-0.15, -0.1) is 0 Å². The summed E-state index contributed by atoms with van der Waals surface area (Å²) in [6.07, 6.45) is 0. The SMILES string of the molecule is Cc1cc(C(=O)N[C@@H](C)C(=O)O)ccc1O. The Morgan fingerprint density at radius 1 is 1.38 bits per heavy atom. The second kappa shape index (κ2) is 4.65. The second-order valence-corrected chi connectivity index (χ2v) is 3.53. The minimum atomic E-state index is -1.09. The lowest BCUT2D eigenvalue weighted by Gasteiger charge is -2.09. The lowest BCUT2D eigenvalue weighted by Crippen LogP contribution is -2.38. The van der Waals surface area contributed by atoms with E-state index in [0.29, 0.717) is 11.1 Å². The van der Waals surface area contributed by atoms with E-state index in [9.17, 15) is 14.7 Å². The number of aliphatic carboxylic acids is 1. The van der Waals surface area contributed by atoms with Crippen LogP contribution in [-0.4, -0.2) is 28.1 Å². The fourth-order valence-corrected chi connectivity index (χ4v) is 1.14. The number of phenols is 1. The molecule has 0 unspecified atom stereocenters. The highest BCUT2D eigenvalue weighted by Gasteiger charge is 2.15. The Hall–Kier alpha value is -2.04. The number of carbonyl (C=O) groups is 2. The summed E-state index contributed by atoms with van der Waals surface area (Å²) in [5, 5.41) is 20.2. The fraction of sp³-hybridized carbons (Fsp3) is 0.273. The van der Waals surface area contributed by atoms with Gasteiger partial charge in [0.25, 0.3) is 5.91 Å². The monoisotopic (exact) mass is 223 g/mol. The Morgan fingerprint density at radius 3 is 2.50 bits per heavy atom. The van der Waals surface area contributed by atoms with Crippen LogP contribution < -0.4 is 5.32 Å². The maximum absolute atomic E-state index is 11.6. The molecule has 0 radical (unpaired) electrons. The van der Waals surface area contributed by atoms with Gasteiger partial charge in [0.1, 0.15) is 11.8 Å². The molecule has 0 fully saturated rings. The molecule has 3 N–H and O–H groups in total. The largest absolute Gasteiger partial charge is 0.508 e. The topological polar surface area (TPSA) is 86.6 Å². The number of benzene rings is 1. The average Bonchev–Trinajstić information content (AvgIpc) is 2.21. The van der Waals surface area contributed by atoms with Crippen molar-refractivity contribution < 1.29 is 19.8 Å². The van der Waals surface area contributed by atoms with E-state index in [1.807, 2.05) is 0 Å². The van der Waals surface area contributed by atoms with E-state index >= 15 is 0 Å². The van der Waals surface area contributed by atoms with E-state index in [0.717, 1.165) is 0 Å². The number of rotatable bonds is 3. The molecule has 5 heteroatoms. The van der Waals surface area contributed by atoms with Crippen molar-refractivity contribution in [3.8, 4) is 5.75 Å². The first-order chi connectivity index (χ1) is 7.41. The quantitative estimate of drug-likeness (QED) is 0.710. The highest BCUT2D eigenvalue weighted by molar-refractivity contribution is 5.96. The van der Waals surface area contributed by atoms with Gasteiger partial charge in [0.2, 0.25) is 0 Å². The van der Waals surface area contributed by atoms with Crippen LogP contribution in [0.25, 0.3) is 0 Å². The Bertz CT molecular complexity index is 428. The molecule has 1 aromatic carbocycles. The fourth-order valence-electron chi connectivity index (χ4n) is 1.14. The van der Waals surface area contributed by atoms with Crippen molar-refractivity contribution in [3.63, 3.8) is 0 Å². The van der Waals surface area contributed by atoms with Gasteiger partial charge < -0.3 is 15.5 Å². The predicted molar refractivity (Wildman–Crippen MR) is 57.4 cm³/mol. The molecule has 86 valence electrons. The van der Waals surface area contributed by atoms with Crippen LogP contribution in [0.2, 0.25) is 0 Å². The van der Waals surface area contributed by atoms with Crippen LogP contribution in [0.4, 0.5) is 0 Å². The third-order valence-corrected chi connectivity index (χ3v) is 2.18. The number of nitrogens with one attached hydrogen (secondary N) is 1. The zero-order valence-electron chi connectivity index (χ0n) is 9.02. The number of phenolic OH excluding ortho intramolecular Hbond substituents is 1. The zero-order chi connectivity index (χ0) is 12.3. The van der Waals surface area contributed by atoms with Gasteiger partial charge in [0.05, 0.1) is 0 Å². The molecule has 1 aromatic rings. The molecule has 1 amide bonds. The Balaban J connectivity index is 2.81. The summed E-state index contributed by atoms with van der Waals surface area (Å²) in [7, 11) is 0. The summed E-state index contributed by atoms with van der Waals surface area (Å²) >= 11 is 0. The standard InChI is InChI=1S/C11H13NO4/c1-6-5-8(3-4-9(6)13)10(14)12-7(2)11(15)16/h3-5,7,13H,1-2H3,(H,12,14)(H,15,16)/t7-/m0/s1. The molecule has 1 rings (SSSR count). The van der Waals surface area contributed by atoms with E-state index in [4.69, 9.17) is 5.11 Å². The third-order valence-electron chi connectivity index (χ3n) is 2.18. The highest BCUT2D eigenvalue weighted by atomic mass is 16.4. The molecule has 5 nitrogen and oxygen atoms in total. The summed E-state index contributed by atoms with van der Waals surface area (Å²) in [6, 6.07) is 3.39. The molecule has 0 heterocycles. The molecular weight excluding hydrogens is 210 g/mol. The van der Waals surface area contributed by atoms with E-state index in [-0.39, 0.29) is 5.75 Å². The number of aromatic hydroxyl groups is 1. The lowest BCUT2D eigenvalue weighted by atomic mass is 10.1. The first-order valence-electron chi connectivity index (χ1n) is 4.75. The van der Waals surface area contributed by atoms with Crippen molar-refractivity contribution in [1.82, 2.24) is 5.32 Å². The first kappa shape index (κ1) is 12.0. The first-order valence-corrected chi connectivity index (χ1v) is 4.75. The smallest absolute Gasteiger partial charge is 0.325 e. The normalized spacial score (nSPS) is 11.9. The highest BCUT2D eigenvalue weighted by Crippen LogP contribution is 2.16. The number of carboxylic acid groups (broad SMARTS) is 1. The molecule has 0 aromatic heterocycles. The van der Waals surface area contributed by atoms with Gasteiger partial charge in [-0.05, 0) is 37.6 Å². The van der Waals surface area contributed by atoms with Crippen LogP contribution in [0.15, 0.2) is 18.2 Å². The average molecular weight is 223 g/mol. The van der Waals surface area contributed by atoms with E-state index in [1.54, 1.807) is 6.92 Å². The Morgan fingerprint density at radius 2 is 2.00 bits per heavy atom. The van der Waals surface area contributed by atoms with Gasteiger partial charge in [-0.2, -0.15) is 0 Å². The van der Waals surface area contributed by atoms with E-state index in [2.05, 4.69) is 5.32 Å². The molecule has 0 saturated carbocycles. The minimum absolute atomic E-state index is 0.0998. The summed E-state index contributed by atoms with van der Waals surface area (Å²) in [6.45, 7) is 3.04. The maximum Gasteiger partial charge on any atom is 0.325 e. The molecule has 0 spiro atoms. The molecule has 1 atom stereocenters. The summed E-state index contributed by atoms with van der Waals surface area (Å²) in [4.78, 5) is 22.1. The van der Waals surface area contributed by atoms with Crippen LogP contribution in [-0.2, 0) is 4.79 Å². The maximum atomic E-state index is 11.6. The lowest BCUT2D eigenvalue weighted by molar-refractivity contribution is -0.138. The molecule has 0 saturated heterocycles. The van der Waals surface area contributed by atoms with Crippen LogP contribution in [0, 0.1) is 6.92 Å². The van der Waals surface area contributed by atoms with Gasteiger partial charge >= 0.3 is 5.97 Å². The van der Waals surface area contributed by atoms with Gasteiger partial charge in [-0.25, -0.2) is 0 Å². The van der Waals surface area contributed by atoms with Crippen molar-refractivity contribution in [1.29, 1.82) is 0 Å². The van der Waals surface area contributed by atoms with Crippen molar-refractivity contribution >= 4 is 11.9 Å². The number of amides is 1. The molecule has 0 aliphatic carbocycles. The minimum Gasteiger partial charge on any atom is -0.508 e. The molecular formula is C11H13NO4. The van der Waals surface area contributed by atoms with Crippen LogP contribution in [0.1, 0.15) is 22.8 Å². The van der Waals surface area contributed by atoms with Gasteiger partial charge in [0, 0.05) is 5.56 Å². The summed E-state index contributed by atoms with van der Waals surface area (Å²) < 4.78 is 0. The van der Waals surface area contributed by atoms with Crippen molar-refractivity contribution in [2.45, 2.75) is 19.9 Å². The van der Waals surface area contributed by atoms with Crippen LogP contribution in [0.3, 0.4) is 0 Å². The van der Waals surface area contributed by atoms with E-state index < -0.39 is 17.9 Å². The van der Waals surface area contributed by atoms with Crippen molar-refractivity contribution in [3.05, 3.63) is 29.3 Å². The van der Waals surface area contributed by atoms with Gasteiger partial charge in [-0.3, -0.25) is 9.59 Å².